The molecule has 8 heteroatoms. The van der Waals surface area contributed by atoms with Crippen LogP contribution in [0.4, 0.5) is 24.8 Å². The summed E-state index contributed by atoms with van der Waals surface area (Å²) < 4.78 is 38.0. The van der Waals surface area contributed by atoms with E-state index in [9.17, 15) is 13.2 Å². The zero-order chi connectivity index (χ0) is 16.2. The Morgan fingerprint density at radius 2 is 1.91 bits per heavy atom. The third kappa shape index (κ3) is 2.53. The van der Waals surface area contributed by atoms with Gasteiger partial charge in [-0.3, -0.25) is 0 Å². The lowest BCUT2D eigenvalue weighted by Gasteiger charge is -2.15. The van der Waals surface area contributed by atoms with E-state index in [0.29, 0.717) is 18.3 Å². The third-order valence-electron chi connectivity index (χ3n) is 4.29. The van der Waals surface area contributed by atoms with Crippen molar-refractivity contribution in [2.45, 2.75) is 31.1 Å². The number of aromatic nitrogens is 2. The Labute approximate surface area is 135 Å². The topological polar surface area (TPSA) is 49.8 Å². The first-order chi connectivity index (χ1) is 10.9. The van der Waals surface area contributed by atoms with Crippen molar-refractivity contribution in [3.63, 3.8) is 0 Å². The minimum Gasteiger partial charge on any atom is -0.324 e. The van der Waals surface area contributed by atoms with Crippen LogP contribution < -0.4 is 10.6 Å². The van der Waals surface area contributed by atoms with Crippen LogP contribution in [0, 0.1) is 0 Å². The molecule has 0 aliphatic carbocycles. The van der Waals surface area contributed by atoms with Crippen molar-refractivity contribution in [1.29, 1.82) is 0 Å². The lowest BCUT2D eigenvalue weighted by Crippen LogP contribution is -2.09. The fourth-order valence-electron chi connectivity index (χ4n) is 3.25. The largest absolute Gasteiger partial charge is 0.420 e. The fourth-order valence-corrected chi connectivity index (χ4v) is 3.48. The quantitative estimate of drug-likeness (QED) is 0.797. The molecular weight excluding hydrogens is 329 g/mol. The van der Waals surface area contributed by atoms with E-state index in [1.807, 2.05) is 18.2 Å². The van der Waals surface area contributed by atoms with Crippen LogP contribution in [0.3, 0.4) is 0 Å². The number of alkyl halides is 3. The normalized spacial score (nSPS) is 22.3. The summed E-state index contributed by atoms with van der Waals surface area (Å²) in [5.41, 5.74) is 2.21. The molecule has 1 aromatic heterocycles. The highest BCUT2D eigenvalue weighted by molar-refractivity contribution is 6.30. The maximum Gasteiger partial charge on any atom is 0.420 e. The van der Waals surface area contributed by atoms with Gasteiger partial charge >= 0.3 is 6.18 Å². The summed E-state index contributed by atoms with van der Waals surface area (Å²) in [6.07, 6.45) is -1.63. The second-order valence-electron chi connectivity index (χ2n) is 5.71. The SMILES string of the molecule is FC(F)(F)c1cnc(Nc2ccc3c(c2)C2CCC3N2)nc1Cl. The molecule has 0 spiro atoms. The average Bonchev–Trinajstić information content (AvgIpc) is 3.07. The van der Waals surface area contributed by atoms with Gasteiger partial charge in [0.15, 0.2) is 0 Å². The van der Waals surface area contributed by atoms with Gasteiger partial charge < -0.3 is 10.6 Å². The Bertz CT molecular complexity index is 778. The van der Waals surface area contributed by atoms with Gasteiger partial charge in [0.2, 0.25) is 5.95 Å². The highest BCUT2D eigenvalue weighted by atomic mass is 35.5. The molecule has 23 heavy (non-hydrogen) atoms. The van der Waals surface area contributed by atoms with Crippen LogP contribution in [0.2, 0.25) is 5.15 Å². The summed E-state index contributed by atoms with van der Waals surface area (Å²) in [7, 11) is 0. The van der Waals surface area contributed by atoms with Crippen molar-refractivity contribution in [2.75, 3.05) is 5.32 Å². The molecule has 2 aliphatic rings. The van der Waals surface area contributed by atoms with Gasteiger partial charge in [-0.1, -0.05) is 17.7 Å². The second kappa shape index (κ2) is 5.07. The molecule has 4 rings (SSSR count). The van der Waals surface area contributed by atoms with Crippen LogP contribution in [-0.2, 0) is 6.18 Å². The summed E-state index contributed by atoms with van der Waals surface area (Å²) in [6.45, 7) is 0. The van der Waals surface area contributed by atoms with E-state index >= 15 is 0 Å². The van der Waals surface area contributed by atoms with Gasteiger partial charge in [-0.15, -0.1) is 0 Å². The van der Waals surface area contributed by atoms with Gasteiger partial charge in [0.05, 0.1) is 0 Å². The minimum atomic E-state index is -4.56. The Hall–Kier alpha value is -1.86. The van der Waals surface area contributed by atoms with Crippen molar-refractivity contribution >= 4 is 23.2 Å². The molecule has 1 fully saturated rings. The molecule has 2 unspecified atom stereocenters. The first-order valence-corrected chi connectivity index (χ1v) is 7.56. The molecule has 0 saturated carbocycles. The average molecular weight is 341 g/mol. The van der Waals surface area contributed by atoms with Crippen molar-refractivity contribution in [2.24, 2.45) is 0 Å². The molecule has 120 valence electrons. The lowest BCUT2D eigenvalue weighted by atomic mass is 9.91. The van der Waals surface area contributed by atoms with Crippen LogP contribution in [0.15, 0.2) is 24.4 Å². The van der Waals surface area contributed by atoms with Gasteiger partial charge in [0.25, 0.3) is 0 Å². The third-order valence-corrected chi connectivity index (χ3v) is 4.58. The van der Waals surface area contributed by atoms with Crippen molar-refractivity contribution in [3.8, 4) is 0 Å². The van der Waals surface area contributed by atoms with Crippen LogP contribution in [0.5, 0.6) is 0 Å². The first kappa shape index (κ1) is 14.7. The Kier molecular flexibility index (Phi) is 3.24. The van der Waals surface area contributed by atoms with Crippen LogP contribution >= 0.6 is 11.6 Å². The molecule has 2 aromatic rings. The molecule has 0 amide bonds. The molecule has 2 atom stereocenters. The van der Waals surface area contributed by atoms with E-state index in [1.54, 1.807) is 0 Å². The number of anilines is 2. The molecule has 3 heterocycles. The maximum atomic E-state index is 12.7. The fraction of sp³-hybridized carbons (Fsp3) is 0.333. The lowest BCUT2D eigenvalue weighted by molar-refractivity contribution is -0.137. The Morgan fingerprint density at radius 1 is 1.17 bits per heavy atom. The molecule has 2 N–H and O–H groups in total. The summed E-state index contributed by atoms with van der Waals surface area (Å²) in [4.78, 5) is 7.38. The first-order valence-electron chi connectivity index (χ1n) is 7.18. The summed E-state index contributed by atoms with van der Waals surface area (Å²) in [5.74, 6) is 0.0408. The number of benzene rings is 1. The van der Waals surface area contributed by atoms with Gasteiger partial charge in [-0.25, -0.2) is 9.97 Å². The smallest absolute Gasteiger partial charge is 0.324 e. The number of nitrogens with zero attached hydrogens (tertiary/aromatic N) is 2. The number of fused-ring (bicyclic) bond motifs is 5. The van der Waals surface area contributed by atoms with Gasteiger partial charge in [-0.2, -0.15) is 13.2 Å². The Balaban J connectivity index is 1.60. The Morgan fingerprint density at radius 3 is 2.61 bits per heavy atom. The van der Waals surface area contributed by atoms with Gasteiger partial charge in [-0.05, 0) is 36.1 Å². The van der Waals surface area contributed by atoms with E-state index < -0.39 is 16.9 Å². The van der Waals surface area contributed by atoms with E-state index in [2.05, 4.69) is 20.6 Å². The zero-order valence-electron chi connectivity index (χ0n) is 11.8. The zero-order valence-corrected chi connectivity index (χ0v) is 12.5. The number of halogens is 4. The summed E-state index contributed by atoms with van der Waals surface area (Å²) in [6, 6.07) is 6.66. The summed E-state index contributed by atoms with van der Waals surface area (Å²) >= 11 is 5.60. The molecule has 1 aromatic carbocycles. The number of nitrogens with one attached hydrogen (secondary N) is 2. The minimum absolute atomic E-state index is 0.0408. The van der Waals surface area contributed by atoms with E-state index in [0.717, 1.165) is 18.5 Å². The van der Waals surface area contributed by atoms with Crippen molar-refractivity contribution in [1.82, 2.24) is 15.3 Å². The highest BCUT2D eigenvalue weighted by Gasteiger charge is 2.36. The van der Waals surface area contributed by atoms with Crippen molar-refractivity contribution in [3.05, 3.63) is 46.2 Å². The standard InChI is InChI=1S/C15H12ClF3N4/c16-13-10(15(17,18)19)6-20-14(23-13)21-7-1-2-8-9(5-7)12-4-3-11(8)22-12/h1-2,5-6,11-12,22H,3-4H2,(H,20,21,23). The predicted molar refractivity (Wildman–Crippen MR) is 79.6 cm³/mol. The molecule has 2 aliphatic heterocycles. The van der Waals surface area contributed by atoms with Gasteiger partial charge in [0, 0.05) is 24.0 Å². The number of hydrogen-bond acceptors (Lipinski definition) is 4. The number of hydrogen-bond donors (Lipinski definition) is 2. The second-order valence-corrected chi connectivity index (χ2v) is 6.07. The monoisotopic (exact) mass is 340 g/mol. The number of rotatable bonds is 2. The molecule has 2 bridgehead atoms. The highest BCUT2D eigenvalue weighted by Crippen LogP contribution is 2.45. The predicted octanol–water partition coefficient (Wildman–Crippen LogP) is 4.37. The summed E-state index contributed by atoms with van der Waals surface area (Å²) in [5, 5.41) is 5.81. The van der Waals surface area contributed by atoms with Crippen LogP contribution in [0.25, 0.3) is 0 Å². The van der Waals surface area contributed by atoms with Crippen molar-refractivity contribution < 1.29 is 13.2 Å². The molecule has 0 radical (unpaired) electrons. The molecule has 4 nitrogen and oxygen atoms in total. The van der Waals surface area contributed by atoms with E-state index in [1.165, 1.54) is 11.1 Å². The maximum absolute atomic E-state index is 12.7. The van der Waals surface area contributed by atoms with Crippen LogP contribution in [-0.4, -0.2) is 9.97 Å². The molecular formula is C15H12ClF3N4. The van der Waals surface area contributed by atoms with Crippen LogP contribution in [0.1, 0.15) is 41.6 Å². The molecule has 1 saturated heterocycles. The van der Waals surface area contributed by atoms with E-state index in [-0.39, 0.29) is 5.95 Å². The van der Waals surface area contributed by atoms with Gasteiger partial charge in [0.1, 0.15) is 10.7 Å². The van der Waals surface area contributed by atoms with E-state index in [4.69, 9.17) is 11.6 Å².